The third kappa shape index (κ3) is 2.85. The third-order valence-corrected chi connectivity index (χ3v) is 4.99. The lowest BCUT2D eigenvalue weighted by molar-refractivity contribution is -0.145. The molecule has 0 aromatic carbocycles. The van der Waals surface area contributed by atoms with E-state index in [2.05, 4.69) is 5.10 Å². The maximum Gasteiger partial charge on any atom is 0.433 e. The zero-order valence-corrected chi connectivity index (χ0v) is 13.4. The van der Waals surface area contributed by atoms with Gasteiger partial charge in [0.1, 0.15) is 0 Å². The van der Waals surface area contributed by atoms with Gasteiger partial charge in [0.15, 0.2) is 5.69 Å². The number of amides is 1. The van der Waals surface area contributed by atoms with Gasteiger partial charge in [0.05, 0.1) is 11.8 Å². The van der Waals surface area contributed by atoms with Gasteiger partial charge >= 0.3 is 6.18 Å². The monoisotopic (exact) mass is 329 g/mol. The molecule has 4 nitrogen and oxygen atoms in total. The van der Waals surface area contributed by atoms with Crippen molar-refractivity contribution in [1.82, 2.24) is 14.7 Å². The van der Waals surface area contributed by atoms with Crippen molar-refractivity contribution in [2.24, 2.45) is 5.92 Å². The first-order valence-corrected chi connectivity index (χ1v) is 8.26. The summed E-state index contributed by atoms with van der Waals surface area (Å²) in [4.78, 5) is 14.3. The van der Waals surface area contributed by atoms with Crippen LogP contribution in [0.2, 0.25) is 0 Å². The highest BCUT2D eigenvalue weighted by Crippen LogP contribution is 2.39. The molecule has 23 heavy (non-hydrogen) atoms. The number of alkyl halides is 3. The fourth-order valence-corrected chi connectivity index (χ4v) is 3.82. The van der Waals surface area contributed by atoms with Gasteiger partial charge in [0.25, 0.3) is 5.91 Å². The molecule has 1 saturated heterocycles. The minimum atomic E-state index is -4.58. The van der Waals surface area contributed by atoms with Gasteiger partial charge in [-0.2, -0.15) is 18.3 Å². The Hall–Kier alpha value is -1.53. The normalized spacial score (nSPS) is 25.0. The summed E-state index contributed by atoms with van der Waals surface area (Å²) in [5, 5.41) is 3.82. The first-order valence-electron chi connectivity index (χ1n) is 8.26. The van der Waals surface area contributed by atoms with E-state index in [9.17, 15) is 18.0 Å². The van der Waals surface area contributed by atoms with Crippen molar-refractivity contribution < 1.29 is 18.0 Å². The number of aromatic nitrogens is 2. The summed E-state index contributed by atoms with van der Waals surface area (Å²) < 4.78 is 41.1. The number of carbonyl (C=O) groups excluding carboxylic acids is 1. The topological polar surface area (TPSA) is 38.1 Å². The summed E-state index contributed by atoms with van der Waals surface area (Å²) >= 11 is 0. The molecular weight excluding hydrogens is 307 g/mol. The van der Waals surface area contributed by atoms with E-state index in [-0.39, 0.29) is 11.6 Å². The van der Waals surface area contributed by atoms with Crippen molar-refractivity contribution in [3.8, 4) is 0 Å². The van der Waals surface area contributed by atoms with Gasteiger partial charge in [0.2, 0.25) is 0 Å². The third-order valence-electron chi connectivity index (χ3n) is 4.99. The SMILES string of the molecule is CC(C)n1ncc(C(=O)N2CC3CCCCCC32)c1C(F)(F)F. The van der Waals surface area contributed by atoms with E-state index in [1.54, 1.807) is 18.7 Å². The standard InChI is InChI=1S/C16H22F3N3O/c1-10(2)22-14(16(17,18)19)12(8-20-22)15(23)21-9-11-6-4-3-5-7-13(11)21/h8,10-11,13H,3-7,9H2,1-2H3. The lowest BCUT2D eigenvalue weighted by atomic mass is 9.84. The zero-order valence-electron chi connectivity index (χ0n) is 13.4. The zero-order chi connectivity index (χ0) is 16.8. The predicted molar refractivity (Wildman–Crippen MR) is 79.0 cm³/mol. The fraction of sp³-hybridized carbons (Fsp3) is 0.750. The van der Waals surface area contributed by atoms with Gasteiger partial charge in [-0.3, -0.25) is 9.48 Å². The van der Waals surface area contributed by atoms with E-state index in [1.165, 1.54) is 0 Å². The van der Waals surface area contributed by atoms with Gasteiger partial charge in [0, 0.05) is 18.6 Å². The van der Waals surface area contributed by atoms with E-state index >= 15 is 0 Å². The lowest BCUT2D eigenvalue weighted by Crippen LogP contribution is -2.58. The fourth-order valence-electron chi connectivity index (χ4n) is 3.82. The van der Waals surface area contributed by atoms with Crippen molar-refractivity contribution in [3.05, 3.63) is 17.5 Å². The number of hydrogen-bond acceptors (Lipinski definition) is 2. The van der Waals surface area contributed by atoms with Crippen molar-refractivity contribution in [3.63, 3.8) is 0 Å². The number of carbonyl (C=O) groups is 1. The molecule has 0 radical (unpaired) electrons. The largest absolute Gasteiger partial charge is 0.433 e. The molecule has 2 fully saturated rings. The van der Waals surface area contributed by atoms with Crippen LogP contribution in [0.5, 0.6) is 0 Å². The average Bonchev–Trinajstić information content (AvgIpc) is 2.81. The van der Waals surface area contributed by atoms with Crippen LogP contribution in [0.4, 0.5) is 13.2 Å². The van der Waals surface area contributed by atoms with Crippen LogP contribution < -0.4 is 0 Å². The van der Waals surface area contributed by atoms with Crippen LogP contribution in [0.1, 0.15) is 68.0 Å². The van der Waals surface area contributed by atoms with Crippen LogP contribution in [0.25, 0.3) is 0 Å². The molecule has 7 heteroatoms. The van der Waals surface area contributed by atoms with Crippen molar-refractivity contribution >= 4 is 5.91 Å². The van der Waals surface area contributed by atoms with Crippen molar-refractivity contribution in [1.29, 1.82) is 0 Å². The highest BCUT2D eigenvalue weighted by molar-refractivity contribution is 5.96. The Balaban J connectivity index is 1.88. The highest BCUT2D eigenvalue weighted by Gasteiger charge is 2.46. The Morgan fingerprint density at radius 1 is 1.26 bits per heavy atom. The molecule has 1 aromatic heterocycles. The molecule has 3 rings (SSSR count). The number of fused-ring (bicyclic) bond motifs is 1. The lowest BCUT2D eigenvalue weighted by Gasteiger charge is -2.47. The van der Waals surface area contributed by atoms with Gasteiger partial charge in [-0.1, -0.05) is 19.3 Å². The molecule has 1 aromatic rings. The summed E-state index contributed by atoms with van der Waals surface area (Å²) in [5.74, 6) is -0.0664. The Bertz CT molecular complexity index is 594. The van der Waals surface area contributed by atoms with Gasteiger partial charge in [-0.15, -0.1) is 0 Å². The summed E-state index contributed by atoms with van der Waals surface area (Å²) in [6, 6.07) is -0.344. The number of likely N-dealkylation sites (tertiary alicyclic amines) is 1. The summed E-state index contributed by atoms with van der Waals surface area (Å²) in [6.07, 6.45) is 1.81. The molecule has 0 N–H and O–H groups in total. The molecule has 128 valence electrons. The van der Waals surface area contributed by atoms with Gasteiger partial charge in [-0.05, 0) is 32.6 Å². The molecule has 1 aliphatic heterocycles. The second-order valence-corrected chi connectivity index (χ2v) is 6.87. The molecule has 2 aliphatic rings. The molecular formula is C16H22F3N3O. The summed E-state index contributed by atoms with van der Waals surface area (Å²) in [7, 11) is 0. The summed E-state index contributed by atoms with van der Waals surface area (Å²) in [6.45, 7) is 3.83. The number of rotatable bonds is 2. The van der Waals surface area contributed by atoms with Gasteiger partial charge in [-0.25, -0.2) is 0 Å². The van der Waals surface area contributed by atoms with Crippen LogP contribution >= 0.6 is 0 Å². The van der Waals surface area contributed by atoms with E-state index in [1.807, 2.05) is 0 Å². The molecule has 0 spiro atoms. The Labute approximate surface area is 133 Å². The molecule has 2 heterocycles. The predicted octanol–water partition coefficient (Wildman–Crippen LogP) is 3.89. The van der Waals surface area contributed by atoms with Crippen molar-refractivity contribution in [2.75, 3.05) is 6.54 Å². The van der Waals surface area contributed by atoms with Crippen molar-refractivity contribution in [2.45, 2.75) is 64.2 Å². The maximum atomic E-state index is 13.4. The van der Waals surface area contributed by atoms with Crippen LogP contribution in [-0.4, -0.2) is 33.2 Å². The quantitative estimate of drug-likeness (QED) is 0.826. The molecule has 1 aliphatic carbocycles. The first-order chi connectivity index (χ1) is 10.8. The second-order valence-electron chi connectivity index (χ2n) is 6.87. The molecule has 0 bridgehead atoms. The molecule has 1 saturated carbocycles. The van der Waals surface area contributed by atoms with Crippen LogP contribution in [-0.2, 0) is 6.18 Å². The molecule has 2 atom stereocenters. The first kappa shape index (κ1) is 16.3. The summed E-state index contributed by atoms with van der Waals surface area (Å²) in [5.41, 5.74) is -1.23. The number of nitrogens with zero attached hydrogens (tertiary/aromatic N) is 3. The maximum absolute atomic E-state index is 13.4. The molecule has 1 amide bonds. The van der Waals surface area contributed by atoms with E-state index < -0.39 is 23.8 Å². The Kier molecular flexibility index (Phi) is 4.14. The van der Waals surface area contributed by atoms with Crippen LogP contribution in [0, 0.1) is 5.92 Å². The van der Waals surface area contributed by atoms with E-state index in [4.69, 9.17) is 0 Å². The highest BCUT2D eigenvalue weighted by atomic mass is 19.4. The smallest absolute Gasteiger partial charge is 0.335 e. The Morgan fingerprint density at radius 3 is 2.61 bits per heavy atom. The van der Waals surface area contributed by atoms with Crippen LogP contribution in [0.3, 0.4) is 0 Å². The minimum Gasteiger partial charge on any atom is -0.335 e. The Morgan fingerprint density at radius 2 is 1.96 bits per heavy atom. The van der Waals surface area contributed by atoms with E-state index in [0.717, 1.165) is 43.0 Å². The van der Waals surface area contributed by atoms with E-state index in [0.29, 0.717) is 12.5 Å². The van der Waals surface area contributed by atoms with Crippen LogP contribution in [0.15, 0.2) is 6.20 Å². The second kappa shape index (κ2) is 5.83. The van der Waals surface area contributed by atoms with Gasteiger partial charge < -0.3 is 4.90 Å². The number of hydrogen-bond donors (Lipinski definition) is 0. The minimum absolute atomic E-state index is 0.105. The average molecular weight is 329 g/mol. The molecule has 2 unspecified atom stereocenters. The number of halogens is 3.